The maximum Gasteiger partial charge on any atom is 0.263 e. The monoisotopic (exact) mass is 282 g/mol. The zero-order valence-electron chi connectivity index (χ0n) is 10.5. The number of nitrogens with one attached hydrogen (secondary N) is 1. The SMILES string of the molecule is Cc1nc(C)c(C(=O)NCc2ccc(F)cc2F)s1. The Morgan fingerprint density at radius 2 is 2.11 bits per heavy atom. The average molecular weight is 282 g/mol. The predicted octanol–water partition coefficient (Wildman–Crippen LogP) is 2.97. The Kier molecular flexibility index (Phi) is 3.90. The van der Waals surface area contributed by atoms with Crippen molar-refractivity contribution in [1.82, 2.24) is 10.3 Å². The molecular weight excluding hydrogens is 270 g/mol. The van der Waals surface area contributed by atoms with Gasteiger partial charge in [-0.15, -0.1) is 11.3 Å². The second kappa shape index (κ2) is 5.44. The van der Waals surface area contributed by atoms with E-state index in [-0.39, 0.29) is 18.0 Å². The van der Waals surface area contributed by atoms with E-state index in [2.05, 4.69) is 10.3 Å². The number of nitrogens with zero attached hydrogens (tertiary/aromatic N) is 1. The van der Waals surface area contributed by atoms with E-state index in [0.29, 0.717) is 10.6 Å². The van der Waals surface area contributed by atoms with Crippen LogP contribution >= 0.6 is 11.3 Å². The molecule has 2 rings (SSSR count). The molecule has 6 heteroatoms. The second-order valence-corrected chi connectivity index (χ2v) is 5.27. The zero-order chi connectivity index (χ0) is 14.0. The van der Waals surface area contributed by atoms with Gasteiger partial charge in [-0.3, -0.25) is 4.79 Å². The normalized spacial score (nSPS) is 10.5. The third kappa shape index (κ3) is 3.14. The molecule has 1 amide bonds. The molecule has 0 spiro atoms. The van der Waals surface area contributed by atoms with Gasteiger partial charge < -0.3 is 5.32 Å². The van der Waals surface area contributed by atoms with Gasteiger partial charge in [0.25, 0.3) is 5.91 Å². The summed E-state index contributed by atoms with van der Waals surface area (Å²) in [5.74, 6) is -1.61. The molecule has 1 heterocycles. The van der Waals surface area contributed by atoms with Gasteiger partial charge >= 0.3 is 0 Å². The molecule has 0 atom stereocenters. The van der Waals surface area contributed by atoms with Crippen molar-refractivity contribution in [3.8, 4) is 0 Å². The fourth-order valence-corrected chi connectivity index (χ4v) is 2.50. The lowest BCUT2D eigenvalue weighted by Crippen LogP contribution is -2.23. The number of thiazole rings is 1. The van der Waals surface area contributed by atoms with Crippen molar-refractivity contribution in [2.75, 3.05) is 0 Å². The second-order valence-electron chi connectivity index (χ2n) is 4.07. The van der Waals surface area contributed by atoms with Crippen molar-refractivity contribution in [1.29, 1.82) is 0 Å². The third-order valence-corrected chi connectivity index (χ3v) is 3.64. The third-order valence-electron chi connectivity index (χ3n) is 2.56. The first-order valence-corrected chi connectivity index (χ1v) is 6.45. The Morgan fingerprint density at radius 3 is 2.68 bits per heavy atom. The molecule has 1 aromatic carbocycles. The molecule has 3 nitrogen and oxygen atoms in total. The van der Waals surface area contributed by atoms with Crippen LogP contribution in [0, 0.1) is 25.5 Å². The van der Waals surface area contributed by atoms with E-state index >= 15 is 0 Å². The molecule has 1 aromatic heterocycles. The minimum absolute atomic E-state index is 0.0152. The predicted molar refractivity (Wildman–Crippen MR) is 69.1 cm³/mol. The van der Waals surface area contributed by atoms with Crippen LogP contribution in [-0.2, 0) is 6.54 Å². The molecule has 19 heavy (non-hydrogen) atoms. The summed E-state index contributed by atoms with van der Waals surface area (Å²) in [4.78, 5) is 16.6. The number of rotatable bonds is 3. The zero-order valence-corrected chi connectivity index (χ0v) is 11.3. The summed E-state index contributed by atoms with van der Waals surface area (Å²) in [6, 6.07) is 3.27. The summed E-state index contributed by atoms with van der Waals surface area (Å²) in [7, 11) is 0. The number of carbonyl (C=O) groups excluding carboxylic acids is 1. The highest BCUT2D eigenvalue weighted by Crippen LogP contribution is 2.17. The lowest BCUT2D eigenvalue weighted by Gasteiger charge is -2.05. The molecule has 0 aliphatic heterocycles. The van der Waals surface area contributed by atoms with Crippen molar-refractivity contribution in [2.45, 2.75) is 20.4 Å². The average Bonchev–Trinajstić information content (AvgIpc) is 2.67. The molecular formula is C13H12F2N2OS. The summed E-state index contributed by atoms with van der Waals surface area (Å²) in [5.41, 5.74) is 0.896. The van der Waals surface area contributed by atoms with Gasteiger partial charge in [0.2, 0.25) is 0 Å². The van der Waals surface area contributed by atoms with Crippen LogP contribution in [0.3, 0.4) is 0 Å². The van der Waals surface area contributed by atoms with Crippen molar-refractivity contribution >= 4 is 17.2 Å². The van der Waals surface area contributed by atoms with E-state index < -0.39 is 11.6 Å². The van der Waals surface area contributed by atoms with E-state index in [4.69, 9.17) is 0 Å². The lowest BCUT2D eigenvalue weighted by atomic mass is 10.2. The summed E-state index contributed by atoms with van der Waals surface area (Å²) in [5, 5.41) is 3.40. The minimum atomic E-state index is -0.669. The maximum atomic E-state index is 13.4. The van der Waals surface area contributed by atoms with Crippen molar-refractivity contribution in [2.24, 2.45) is 0 Å². The number of aromatic nitrogens is 1. The molecule has 0 radical (unpaired) electrons. The van der Waals surface area contributed by atoms with Crippen LogP contribution in [0.2, 0.25) is 0 Å². The van der Waals surface area contributed by atoms with Gasteiger partial charge in [0, 0.05) is 18.2 Å². The number of hydrogen-bond donors (Lipinski definition) is 1. The molecule has 0 aliphatic carbocycles. The number of halogens is 2. The topological polar surface area (TPSA) is 42.0 Å². The highest BCUT2D eigenvalue weighted by Gasteiger charge is 2.14. The summed E-state index contributed by atoms with van der Waals surface area (Å²) in [6.07, 6.45) is 0. The van der Waals surface area contributed by atoms with Crippen molar-refractivity contribution in [3.05, 3.63) is 51.0 Å². The van der Waals surface area contributed by atoms with Crippen LogP contribution in [0.1, 0.15) is 25.9 Å². The first-order chi connectivity index (χ1) is 8.97. The van der Waals surface area contributed by atoms with Crippen molar-refractivity contribution in [3.63, 3.8) is 0 Å². The maximum absolute atomic E-state index is 13.4. The molecule has 0 fully saturated rings. The van der Waals surface area contributed by atoms with E-state index in [1.807, 2.05) is 6.92 Å². The van der Waals surface area contributed by atoms with Gasteiger partial charge in [0.05, 0.1) is 10.7 Å². The van der Waals surface area contributed by atoms with E-state index in [9.17, 15) is 13.6 Å². The molecule has 0 aliphatic rings. The molecule has 0 saturated carbocycles. The smallest absolute Gasteiger partial charge is 0.263 e. The first-order valence-electron chi connectivity index (χ1n) is 5.63. The lowest BCUT2D eigenvalue weighted by molar-refractivity contribution is 0.0954. The Morgan fingerprint density at radius 1 is 1.37 bits per heavy atom. The minimum Gasteiger partial charge on any atom is -0.347 e. The van der Waals surface area contributed by atoms with E-state index in [0.717, 1.165) is 17.1 Å². The quantitative estimate of drug-likeness (QED) is 0.940. The van der Waals surface area contributed by atoms with Gasteiger partial charge in [-0.05, 0) is 19.9 Å². The van der Waals surface area contributed by atoms with Crippen LogP contribution in [0.25, 0.3) is 0 Å². The van der Waals surface area contributed by atoms with E-state index in [1.54, 1.807) is 6.92 Å². The summed E-state index contributed by atoms with van der Waals surface area (Å²) < 4.78 is 26.1. The Labute approximate surface area is 113 Å². The standard InChI is InChI=1S/C13H12F2N2OS/c1-7-12(19-8(2)17-7)13(18)16-6-9-3-4-10(14)5-11(9)15/h3-5H,6H2,1-2H3,(H,16,18). The molecule has 100 valence electrons. The summed E-state index contributed by atoms with van der Waals surface area (Å²) in [6.45, 7) is 3.58. The fourth-order valence-electron chi connectivity index (χ4n) is 1.66. The molecule has 1 N–H and O–H groups in total. The number of benzene rings is 1. The molecule has 2 aromatic rings. The Bertz CT molecular complexity index is 625. The van der Waals surface area contributed by atoms with E-state index in [1.165, 1.54) is 17.4 Å². The molecule has 0 saturated heterocycles. The van der Waals surface area contributed by atoms with Gasteiger partial charge in [0.1, 0.15) is 16.5 Å². The Balaban J connectivity index is 2.06. The van der Waals surface area contributed by atoms with Gasteiger partial charge in [-0.25, -0.2) is 13.8 Å². The van der Waals surface area contributed by atoms with Gasteiger partial charge in [-0.1, -0.05) is 6.07 Å². The van der Waals surface area contributed by atoms with Crippen LogP contribution in [-0.4, -0.2) is 10.9 Å². The highest BCUT2D eigenvalue weighted by molar-refractivity contribution is 7.13. The number of aryl methyl sites for hydroxylation is 2. The largest absolute Gasteiger partial charge is 0.347 e. The van der Waals surface area contributed by atoms with Crippen LogP contribution in [0.4, 0.5) is 8.78 Å². The summed E-state index contributed by atoms with van der Waals surface area (Å²) >= 11 is 1.29. The highest BCUT2D eigenvalue weighted by atomic mass is 32.1. The Hall–Kier alpha value is -1.82. The first kappa shape index (κ1) is 13.6. The number of carbonyl (C=O) groups is 1. The van der Waals surface area contributed by atoms with Crippen LogP contribution in [0.5, 0.6) is 0 Å². The number of amides is 1. The fraction of sp³-hybridized carbons (Fsp3) is 0.231. The molecule has 0 unspecified atom stereocenters. The number of hydrogen-bond acceptors (Lipinski definition) is 3. The van der Waals surface area contributed by atoms with Gasteiger partial charge in [0.15, 0.2) is 0 Å². The van der Waals surface area contributed by atoms with Gasteiger partial charge in [-0.2, -0.15) is 0 Å². The van der Waals surface area contributed by atoms with Crippen molar-refractivity contribution < 1.29 is 13.6 Å². The van der Waals surface area contributed by atoms with Crippen LogP contribution < -0.4 is 5.32 Å². The molecule has 0 bridgehead atoms. The van der Waals surface area contributed by atoms with Crippen LogP contribution in [0.15, 0.2) is 18.2 Å².